The average molecular weight is 470 g/mol. The van der Waals surface area contributed by atoms with Gasteiger partial charge in [0, 0.05) is 20.0 Å². The molecule has 2 heterocycles. The molecule has 0 spiro atoms. The number of para-hydroxylation sites is 1. The van der Waals surface area contributed by atoms with E-state index in [-0.39, 0.29) is 24.0 Å². The molecule has 1 aromatic carbocycles. The Balaban J connectivity index is 0.00000243. The van der Waals surface area contributed by atoms with Gasteiger partial charge in [0.2, 0.25) is 0 Å². The largest absolute Gasteiger partial charge is 0.492 e. The number of ether oxygens (including phenoxy) is 1. The monoisotopic (exact) mass is 470 g/mol. The maximum atomic E-state index is 5.67. The number of aromatic nitrogens is 3. The summed E-state index contributed by atoms with van der Waals surface area (Å²) in [5, 5.41) is 15.2. The van der Waals surface area contributed by atoms with Crippen molar-refractivity contribution in [3.8, 4) is 5.75 Å². The summed E-state index contributed by atoms with van der Waals surface area (Å²) in [6.07, 6.45) is 4.69. The lowest BCUT2D eigenvalue weighted by atomic mass is 10.2. The van der Waals surface area contributed by atoms with Gasteiger partial charge in [-0.05, 0) is 25.0 Å². The minimum atomic E-state index is 0. The second kappa shape index (κ2) is 11.0. The van der Waals surface area contributed by atoms with Crippen LogP contribution in [0.15, 0.2) is 35.3 Å². The second-order valence-corrected chi connectivity index (χ2v) is 6.01. The summed E-state index contributed by atoms with van der Waals surface area (Å²) in [7, 11) is 1.76. The first kappa shape index (κ1) is 20.5. The molecule has 8 heteroatoms. The van der Waals surface area contributed by atoms with Gasteiger partial charge in [0.25, 0.3) is 0 Å². The molecule has 7 nitrogen and oxygen atoms in total. The van der Waals surface area contributed by atoms with Crippen LogP contribution in [0.5, 0.6) is 5.75 Å². The Labute approximate surface area is 171 Å². The lowest BCUT2D eigenvalue weighted by Gasteiger charge is -2.13. The van der Waals surface area contributed by atoms with E-state index in [1.54, 1.807) is 7.05 Å². The van der Waals surface area contributed by atoms with E-state index >= 15 is 0 Å². The molecule has 0 atom stereocenters. The minimum absolute atomic E-state index is 0. The summed E-state index contributed by atoms with van der Waals surface area (Å²) in [5.41, 5.74) is 0. The van der Waals surface area contributed by atoms with Gasteiger partial charge >= 0.3 is 0 Å². The fourth-order valence-corrected chi connectivity index (χ4v) is 2.91. The Morgan fingerprint density at radius 2 is 2.00 bits per heavy atom. The molecule has 3 rings (SSSR count). The first-order valence-corrected chi connectivity index (χ1v) is 8.90. The highest BCUT2D eigenvalue weighted by molar-refractivity contribution is 14.0. The summed E-state index contributed by atoms with van der Waals surface area (Å²) in [6.45, 7) is 2.88. The minimum Gasteiger partial charge on any atom is -0.492 e. The highest BCUT2D eigenvalue weighted by atomic mass is 127. The maximum Gasteiger partial charge on any atom is 0.191 e. The van der Waals surface area contributed by atoms with E-state index in [1.807, 2.05) is 30.3 Å². The van der Waals surface area contributed by atoms with Gasteiger partial charge in [0.05, 0.1) is 13.1 Å². The number of nitrogens with zero attached hydrogens (tertiary/aromatic N) is 4. The molecule has 0 radical (unpaired) electrons. The van der Waals surface area contributed by atoms with Crippen LogP contribution in [0.25, 0.3) is 0 Å². The van der Waals surface area contributed by atoms with Crippen molar-refractivity contribution in [2.45, 2.75) is 38.8 Å². The number of guanidine groups is 1. The number of benzene rings is 1. The van der Waals surface area contributed by atoms with Gasteiger partial charge < -0.3 is 19.9 Å². The Bertz CT molecular complexity index is 688. The number of aliphatic imine (C=N–C) groups is 1. The quantitative estimate of drug-likeness (QED) is 0.294. The van der Waals surface area contributed by atoms with Crippen molar-refractivity contribution in [1.29, 1.82) is 0 Å². The predicted octanol–water partition coefficient (Wildman–Crippen LogP) is 2.37. The van der Waals surface area contributed by atoms with Crippen LogP contribution in [0.3, 0.4) is 0 Å². The molecule has 142 valence electrons. The molecule has 0 fully saturated rings. The van der Waals surface area contributed by atoms with E-state index in [0.717, 1.165) is 36.3 Å². The van der Waals surface area contributed by atoms with Gasteiger partial charge in [-0.25, -0.2) is 0 Å². The van der Waals surface area contributed by atoms with Crippen molar-refractivity contribution in [2.75, 3.05) is 20.2 Å². The molecular weight excluding hydrogens is 443 g/mol. The molecule has 1 aliphatic heterocycles. The number of hydrogen-bond donors (Lipinski definition) is 2. The van der Waals surface area contributed by atoms with Crippen molar-refractivity contribution >= 4 is 29.9 Å². The second-order valence-electron chi connectivity index (χ2n) is 6.01. The molecule has 2 N–H and O–H groups in total. The van der Waals surface area contributed by atoms with E-state index in [4.69, 9.17) is 4.74 Å². The lowest BCUT2D eigenvalue weighted by Crippen LogP contribution is -2.39. The normalized spacial score (nSPS) is 14.0. The van der Waals surface area contributed by atoms with Crippen molar-refractivity contribution < 1.29 is 4.74 Å². The lowest BCUT2D eigenvalue weighted by molar-refractivity contribution is 0.322. The number of halogens is 1. The number of rotatable bonds is 6. The molecular formula is C18H27IN6O. The van der Waals surface area contributed by atoms with Gasteiger partial charge in [-0.3, -0.25) is 4.99 Å². The topological polar surface area (TPSA) is 76.4 Å². The zero-order chi connectivity index (χ0) is 17.3. The van der Waals surface area contributed by atoms with Crippen molar-refractivity contribution in [3.05, 3.63) is 42.0 Å². The van der Waals surface area contributed by atoms with Crippen molar-refractivity contribution in [2.24, 2.45) is 4.99 Å². The Morgan fingerprint density at radius 3 is 2.81 bits per heavy atom. The van der Waals surface area contributed by atoms with Gasteiger partial charge in [-0.2, -0.15) is 0 Å². The van der Waals surface area contributed by atoms with Crippen LogP contribution in [0.1, 0.15) is 30.9 Å². The fraction of sp³-hybridized carbons (Fsp3) is 0.500. The van der Waals surface area contributed by atoms with E-state index in [2.05, 4.69) is 30.4 Å². The van der Waals surface area contributed by atoms with Crippen LogP contribution < -0.4 is 15.4 Å². The van der Waals surface area contributed by atoms with Crippen LogP contribution in [0.2, 0.25) is 0 Å². The summed E-state index contributed by atoms with van der Waals surface area (Å²) in [6, 6.07) is 9.80. The summed E-state index contributed by atoms with van der Waals surface area (Å²) >= 11 is 0. The number of fused-ring (bicyclic) bond motifs is 1. The zero-order valence-corrected chi connectivity index (χ0v) is 17.5. The number of nitrogens with one attached hydrogen (secondary N) is 2. The third-order valence-electron chi connectivity index (χ3n) is 4.23. The first-order valence-electron chi connectivity index (χ1n) is 8.90. The molecule has 1 aromatic heterocycles. The predicted molar refractivity (Wildman–Crippen MR) is 113 cm³/mol. The third kappa shape index (κ3) is 5.86. The van der Waals surface area contributed by atoms with Crippen LogP contribution in [-0.4, -0.2) is 40.9 Å². The number of aryl methyl sites for hydroxylation is 1. The van der Waals surface area contributed by atoms with Gasteiger partial charge in [-0.15, -0.1) is 34.2 Å². The molecule has 26 heavy (non-hydrogen) atoms. The van der Waals surface area contributed by atoms with Crippen LogP contribution in [0.4, 0.5) is 0 Å². The summed E-state index contributed by atoms with van der Waals surface area (Å²) in [5.74, 6) is 3.69. The van der Waals surface area contributed by atoms with Crippen molar-refractivity contribution in [3.63, 3.8) is 0 Å². The highest BCUT2D eigenvalue weighted by Crippen LogP contribution is 2.14. The number of hydrogen-bond acceptors (Lipinski definition) is 4. The molecule has 0 saturated carbocycles. The molecule has 0 bridgehead atoms. The van der Waals surface area contributed by atoms with E-state index < -0.39 is 0 Å². The third-order valence-corrected chi connectivity index (χ3v) is 4.23. The smallest absolute Gasteiger partial charge is 0.191 e. The molecule has 0 amide bonds. The molecule has 1 aliphatic rings. The zero-order valence-electron chi connectivity index (χ0n) is 15.1. The van der Waals surface area contributed by atoms with Gasteiger partial charge in [0.1, 0.15) is 18.2 Å². The van der Waals surface area contributed by atoms with Crippen LogP contribution >= 0.6 is 24.0 Å². The standard InChI is InChI=1S/C18H26N6O.HI/c1-19-18(20-11-13-25-15-8-4-2-5-9-15)21-14-17-23-22-16-10-6-3-7-12-24(16)17;/h2,4-5,8-9H,3,6-7,10-14H2,1H3,(H2,19,20,21);1H. The summed E-state index contributed by atoms with van der Waals surface area (Å²) < 4.78 is 7.91. The fourth-order valence-electron chi connectivity index (χ4n) is 2.91. The van der Waals surface area contributed by atoms with Crippen LogP contribution in [-0.2, 0) is 19.5 Å². The van der Waals surface area contributed by atoms with E-state index in [1.165, 1.54) is 19.3 Å². The molecule has 2 aromatic rings. The van der Waals surface area contributed by atoms with E-state index in [9.17, 15) is 0 Å². The summed E-state index contributed by atoms with van der Waals surface area (Å²) in [4.78, 5) is 4.24. The maximum absolute atomic E-state index is 5.67. The molecule has 0 saturated heterocycles. The van der Waals surface area contributed by atoms with E-state index in [0.29, 0.717) is 19.7 Å². The SMILES string of the molecule is CN=C(NCCOc1ccccc1)NCc1nnc2n1CCCCC2.I. The van der Waals surface area contributed by atoms with Crippen molar-refractivity contribution in [1.82, 2.24) is 25.4 Å². The highest BCUT2D eigenvalue weighted by Gasteiger charge is 2.14. The van der Waals surface area contributed by atoms with Crippen LogP contribution in [0, 0.1) is 0 Å². The Morgan fingerprint density at radius 1 is 1.15 bits per heavy atom. The Kier molecular flexibility index (Phi) is 8.66. The Hall–Kier alpha value is -1.84. The van der Waals surface area contributed by atoms with Gasteiger partial charge in [-0.1, -0.05) is 24.6 Å². The average Bonchev–Trinajstić information content (AvgIpc) is 2.88. The molecule has 0 aliphatic carbocycles. The molecule has 0 unspecified atom stereocenters. The first-order chi connectivity index (χ1) is 12.4. The van der Waals surface area contributed by atoms with Gasteiger partial charge in [0.15, 0.2) is 11.8 Å².